The number of rotatable bonds is 3. The van der Waals surface area contributed by atoms with Crippen molar-refractivity contribution in [1.29, 1.82) is 0 Å². The van der Waals surface area contributed by atoms with Gasteiger partial charge in [0.1, 0.15) is 0 Å². The number of nitrogens with zero attached hydrogens (tertiary/aromatic N) is 1. The van der Waals surface area contributed by atoms with Gasteiger partial charge in [-0.15, -0.1) is 0 Å². The number of nitrogens with one attached hydrogen (secondary N) is 2. The Bertz CT molecular complexity index is 170. The second-order valence-electron chi connectivity index (χ2n) is 2.34. The molecular weight excluding hydrogens is 158 g/mol. The van der Waals surface area contributed by atoms with Gasteiger partial charge in [-0.3, -0.25) is 4.79 Å². The van der Waals surface area contributed by atoms with Gasteiger partial charge in [-0.05, 0) is 6.92 Å². The van der Waals surface area contributed by atoms with E-state index in [0.717, 1.165) is 0 Å². The molecule has 0 saturated carbocycles. The lowest BCUT2D eigenvalue weighted by Crippen LogP contribution is -2.41. The van der Waals surface area contributed by atoms with Gasteiger partial charge in [-0.1, -0.05) is 0 Å². The fourth-order valence-electron chi connectivity index (χ4n) is 0.556. The first-order valence-corrected chi connectivity index (χ1v) is 3.81. The monoisotopic (exact) mass is 173 g/mol. The van der Waals surface area contributed by atoms with E-state index in [9.17, 15) is 9.59 Å². The molecule has 0 fully saturated rings. The van der Waals surface area contributed by atoms with E-state index in [4.69, 9.17) is 0 Å². The van der Waals surface area contributed by atoms with Crippen LogP contribution in [-0.2, 0) is 4.79 Å². The molecule has 0 atom stereocenters. The smallest absolute Gasteiger partial charge is 0.314 e. The summed E-state index contributed by atoms with van der Waals surface area (Å²) >= 11 is 0. The van der Waals surface area contributed by atoms with Gasteiger partial charge in [0.2, 0.25) is 5.91 Å². The van der Waals surface area contributed by atoms with Gasteiger partial charge in [0.25, 0.3) is 0 Å². The highest BCUT2D eigenvalue weighted by molar-refractivity contribution is 5.83. The van der Waals surface area contributed by atoms with E-state index in [0.29, 0.717) is 6.54 Å². The summed E-state index contributed by atoms with van der Waals surface area (Å²) in [6.45, 7) is 2.57. The molecule has 0 aliphatic carbocycles. The minimum Gasteiger partial charge on any atom is -0.345 e. The maximum absolute atomic E-state index is 11.1. The molecule has 0 aliphatic heterocycles. The van der Waals surface area contributed by atoms with E-state index < -0.39 is 0 Å². The van der Waals surface area contributed by atoms with E-state index in [2.05, 4.69) is 10.6 Å². The molecule has 0 aromatic carbocycles. The summed E-state index contributed by atoms with van der Waals surface area (Å²) < 4.78 is 0. The molecule has 0 heterocycles. The summed E-state index contributed by atoms with van der Waals surface area (Å²) in [6, 6.07) is -0.340. The van der Waals surface area contributed by atoms with Crippen molar-refractivity contribution in [3.63, 3.8) is 0 Å². The predicted molar refractivity (Wildman–Crippen MR) is 45.8 cm³/mol. The molecule has 0 unspecified atom stereocenters. The quantitative estimate of drug-likeness (QED) is 0.598. The zero-order valence-corrected chi connectivity index (χ0v) is 7.68. The van der Waals surface area contributed by atoms with E-state index in [-0.39, 0.29) is 18.5 Å². The molecule has 0 rings (SSSR count). The van der Waals surface area contributed by atoms with Crippen molar-refractivity contribution in [3.05, 3.63) is 0 Å². The maximum Gasteiger partial charge on any atom is 0.314 e. The third kappa shape index (κ3) is 3.80. The number of amides is 3. The first-order valence-electron chi connectivity index (χ1n) is 3.81. The van der Waals surface area contributed by atoms with Crippen LogP contribution < -0.4 is 10.6 Å². The summed E-state index contributed by atoms with van der Waals surface area (Å²) in [5, 5.41) is 4.76. The van der Waals surface area contributed by atoms with Gasteiger partial charge in [-0.25, -0.2) is 4.79 Å². The number of hydrogen-bond donors (Lipinski definition) is 2. The number of carbonyl (C=O) groups is 2. The Morgan fingerprint density at radius 1 is 1.42 bits per heavy atom. The zero-order chi connectivity index (χ0) is 9.56. The lowest BCUT2D eigenvalue weighted by molar-refractivity contribution is -0.128. The highest BCUT2D eigenvalue weighted by Gasteiger charge is 2.06. The van der Waals surface area contributed by atoms with Gasteiger partial charge in [0, 0.05) is 20.6 Å². The lowest BCUT2D eigenvalue weighted by Gasteiger charge is -2.14. The fourth-order valence-corrected chi connectivity index (χ4v) is 0.556. The van der Waals surface area contributed by atoms with Crippen LogP contribution in [0.1, 0.15) is 6.92 Å². The van der Waals surface area contributed by atoms with Gasteiger partial charge in [0.15, 0.2) is 0 Å². The van der Waals surface area contributed by atoms with Crippen LogP contribution in [0.15, 0.2) is 0 Å². The average molecular weight is 173 g/mol. The summed E-state index contributed by atoms with van der Waals surface area (Å²) in [6.07, 6.45) is 0. The van der Waals surface area contributed by atoms with Crippen molar-refractivity contribution < 1.29 is 9.59 Å². The Balaban J connectivity index is 3.64. The molecule has 0 aromatic heterocycles. The molecule has 0 bridgehead atoms. The zero-order valence-electron chi connectivity index (χ0n) is 7.68. The molecule has 12 heavy (non-hydrogen) atoms. The number of likely N-dealkylation sites (N-methyl/N-ethyl adjacent to an activating group) is 1. The van der Waals surface area contributed by atoms with E-state index in [1.807, 2.05) is 6.92 Å². The second-order valence-corrected chi connectivity index (χ2v) is 2.34. The second kappa shape index (κ2) is 5.40. The van der Waals surface area contributed by atoms with Crippen molar-refractivity contribution >= 4 is 11.9 Å². The standard InChI is InChI=1S/C7H15N3O2/c1-4-10(3)6(11)5-9-7(12)8-2/h4-5H2,1-3H3,(H2,8,9,12). The van der Waals surface area contributed by atoms with Crippen LogP contribution in [0, 0.1) is 0 Å². The van der Waals surface area contributed by atoms with Crippen LogP contribution in [0.3, 0.4) is 0 Å². The summed E-state index contributed by atoms with van der Waals surface area (Å²) in [4.78, 5) is 23.2. The van der Waals surface area contributed by atoms with Gasteiger partial charge < -0.3 is 15.5 Å². The molecule has 0 aliphatic rings. The Hall–Kier alpha value is -1.26. The maximum atomic E-state index is 11.1. The van der Waals surface area contributed by atoms with Gasteiger partial charge in [0.05, 0.1) is 6.54 Å². The molecular formula is C7H15N3O2. The SMILES string of the molecule is CCN(C)C(=O)CNC(=O)NC. The van der Waals surface area contributed by atoms with Crippen molar-refractivity contribution in [2.45, 2.75) is 6.92 Å². The molecule has 5 heteroatoms. The Kier molecular flexibility index (Phi) is 4.83. The lowest BCUT2D eigenvalue weighted by atomic mass is 10.5. The minimum absolute atomic E-state index is 0.0456. The third-order valence-corrected chi connectivity index (χ3v) is 1.53. The number of carbonyl (C=O) groups excluding carboxylic acids is 2. The number of hydrogen-bond acceptors (Lipinski definition) is 2. The average Bonchev–Trinajstić information content (AvgIpc) is 2.11. The van der Waals surface area contributed by atoms with Crippen LogP contribution in [-0.4, -0.2) is 44.0 Å². The van der Waals surface area contributed by atoms with Crippen molar-refractivity contribution in [3.8, 4) is 0 Å². The van der Waals surface area contributed by atoms with E-state index in [1.165, 1.54) is 11.9 Å². The Morgan fingerprint density at radius 3 is 2.42 bits per heavy atom. The molecule has 3 amide bonds. The Morgan fingerprint density at radius 2 is 2.00 bits per heavy atom. The predicted octanol–water partition coefficient (Wildman–Crippen LogP) is -0.606. The first kappa shape index (κ1) is 10.7. The molecule has 0 radical (unpaired) electrons. The van der Waals surface area contributed by atoms with Crippen molar-refractivity contribution in [1.82, 2.24) is 15.5 Å². The summed E-state index contributed by atoms with van der Waals surface area (Å²) in [7, 11) is 3.19. The minimum atomic E-state index is -0.340. The Labute approximate surface area is 72.1 Å². The first-order chi connectivity index (χ1) is 5.61. The van der Waals surface area contributed by atoms with Gasteiger partial charge in [-0.2, -0.15) is 0 Å². The number of urea groups is 1. The van der Waals surface area contributed by atoms with Crippen LogP contribution in [0.25, 0.3) is 0 Å². The molecule has 70 valence electrons. The molecule has 0 saturated heterocycles. The van der Waals surface area contributed by atoms with Crippen LogP contribution in [0.2, 0.25) is 0 Å². The van der Waals surface area contributed by atoms with Crippen LogP contribution in [0.5, 0.6) is 0 Å². The highest BCUT2D eigenvalue weighted by atomic mass is 16.2. The summed E-state index contributed by atoms with van der Waals surface area (Å²) in [5.41, 5.74) is 0. The van der Waals surface area contributed by atoms with E-state index >= 15 is 0 Å². The largest absolute Gasteiger partial charge is 0.345 e. The van der Waals surface area contributed by atoms with Gasteiger partial charge >= 0.3 is 6.03 Å². The van der Waals surface area contributed by atoms with E-state index in [1.54, 1.807) is 7.05 Å². The fraction of sp³-hybridized carbons (Fsp3) is 0.714. The molecule has 2 N–H and O–H groups in total. The van der Waals surface area contributed by atoms with Crippen molar-refractivity contribution in [2.75, 3.05) is 27.2 Å². The highest BCUT2D eigenvalue weighted by Crippen LogP contribution is 1.80. The third-order valence-electron chi connectivity index (χ3n) is 1.53. The van der Waals surface area contributed by atoms with Crippen LogP contribution >= 0.6 is 0 Å². The van der Waals surface area contributed by atoms with Crippen molar-refractivity contribution in [2.24, 2.45) is 0 Å². The van der Waals surface area contributed by atoms with Crippen LogP contribution in [0.4, 0.5) is 4.79 Å². The summed E-state index contributed by atoms with van der Waals surface area (Å²) in [5.74, 6) is -0.0962. The topological polar surface area (TPSA) is 61.4 Å². The molecule has 5 nitrogen and oxygen atoms in total. The molecule has 0 spiro atoms. The molecule has 0 aromatic rings. The normalized spacial score (nSPS) is 8.92.